The summed E-state index contributed by atoms with van der Waals surface area (Å²) in [5.74, 6) is -0.133. The van der Waals surface area contributed by atoms with Crippen molar-refractivity contribution in [1.82, 2.24) is 15.5 Å². The highest BCUT2D eigenvalue weighted by molar-refractivity contribution is 5.95. The summed E-state index contributed by atoms with van der Waals surface area (Å²) in [6.45, 7) is 6.09. The maximum atomic E-state index is 13.1. The zero-order valence-corrected chi connectivity index (χ0v) is 20.8. The average Bonchev–Trinajstić information content (AvgIpc) is 2.84. The molecule has 3 rings (SSSR count). The normalized spacial score (nSPS) is 19.1. The molecule has 2 N–H and O–H groups in total. The molecule has 0 aromatic heterocycles. The van der Waals surface area contributed by atoms with Crippen LogP contribution in [0, 0.1) is 5.92 Å². The Hall–Kier alpha value is -3.11. The number of hydrogen-bond acceptors (Lipinski definition) is 8. The fourth-order valence-electron chi connectivity index (χ4n) is 4.50. The molecule has 192 valence electrons. The van der Waals surface area contributed by atoms with E-state index in [2.05, 4.69) is 15.5 Å². The number of ether oxygens (including phenoxy) is 4. The molecule has 0 spiro atoms. The van der Waals surface area contributed by atoms with E-state index in [9.17, 15) is 14.4 Å². The lowest BCUT2D eigenvalue weighted by molar-refractivity contribution is -0.149. The molecular formula is C25H35N3O7. The molecule has 2 heterocycles. The van der Waals surface area contributed by atoms with Gasteiger partial charge in [0.05, 0.1) is 44.5 Å². The van der Waals surface area contributed by atoms with E-state index in [-0.39, 0.29) is 18.5 Å². The molecule has 10 heteroatoms. The second kappa shape index (κ2) is 12.6. The first-order chi connectivity index (χ1) is 16.9. The maximum absolute atomic E-state index is 13.1. The molecule has 1 fully saturated rings. The van der Waals surface area contributed by atoms with Crippen molar-refractivity contribution in [3.05, 3.63) is 40.6 Å². The molecule has 2 aliphatic rings. The number of methoxy groups -OCH3 is 2. The molecule has 1 aromatic carbocycles. The Morgan fingerprint density at radius 1 is 1.09 bits per heavy atom. The Morgan fingerprint density at radius 3 is 2.43 bits per heavy atom. The van der Waals surface area contributed by atoms with Gasteiger partial charge < -0.3 is 29.6 Å². The van der Waals surface area contributed by atoms with Crippen molar-refractivity contribution in [2.45, 2.75) is 39.3 Å². The molecule has 1 unspecified atom stereocenters. The van der Waals surface area contributed by atoms with Crippen LogP contribution in [-0.2, 0) is 30.4 Å². The predicted octanol–water partition coefficient (Wildman–Crippen LogP) is 2.29. The van der Waals surface area contributed by atoms with Gasteiger partial charge >= 0.3 is 18.0 Å². The van der Waals surface area contributed by atoms with Crippen molar-refractivity contribution >= 4 is 18.0 Å². The summed E-state index contributed by atoms with van der Waals surface area (Å²) < 4.78 is 21.2. The summed E-state index contributed by atoms with van der Waals surface area (Å²) in [5, 5.41) is 5.68. The molecule has 0 aliphatic carbocycles. The highest BCUT2D eigenvalue weighted by Crippen LogP contribution is 2.32. The van der Waals surface area contributed by atoms with E-state index in [0.29, 0.717) is 68.3 Å². The standard InChI is InChI=1S/C25H35N3O7/c1-5-34-23(29)16-9-11-28(12-10-16)14-19-21(24(30)35-6-2)22(27-25(31)26-19)17-7-8-20(33-4)18(13-17)15-32-3/h7-8,13,16,22H,5-6,9-12,14-15H2,1-4H3,(H2,26,27,31). The lowest BCUT2D eigenvalue weighted by atomic mass is 9.92. The number of carbonyl (C=O) groups is 3. The molecule has 0 bridgehead atoms. The number of esters is 2. The third-order valence-corrected chi connectivity index (χ3v) is 6.18. The van der Waals surface area contributed by atoms with Gasteiger partial charge in [-0.15, -0.1) is 0 Å². The zero-order valence-electron chi connectivity index (χ0n) is 20.8. The minimum atomic E-state index is -0.698. The first kappa shape index (κ1) is 26.5. The quantitative estimate of drug-likeness (QED) is 0.481. The van der Waals surface area contributed by atoms with Crippen LogP contribution in [0.4, 0.5) is 4.79 Å². The number of hydrogen-bond donors (Lipinski definition) is 2. The minimum absolute atomic E-state index is 0.126. The summed E-state index contributed by atoms with van der Waals surface area (Å²) in [6, 6.07) is 4.37. The number of nitrogens with zero attached hydrogens (tertiary/aromatic N) is 1. The molecule has 1 atom stereocenters. The van der Waals surface area contributed by atoms with Gasteiger partial charge in [-0.3, -0.25) is 9.69 Å². The van der Waals surface area contributed by atoms with E-state index in [0.717, 1.165) is 5.56 Å². The number of benzene rings is 1. The van der Waals surface area contributed by atoms with Crippen LogP contribution < -0.4 is 15.4 Å². The average molecular weight is 490 g/mol. The number of carbonyl (C=O) groups excluding carboxylic acids is 3. The van der Waals surface area contributed by atoms with Crippen LogP contribution in [0.15, 0.2) is 29.5 Å². The molecular weight excluding hydrogens is 454 g/mol. The molecule has 2 amide bonds. The van der Waals surface area contributed by atoms with Crippen LogP contribution in [0.2, 0.25) is 0 Å². The Balaban J connectivity index is 1.89. The fourth-order valence-corrected chi connectivity index (χ4v) is 4.50. The van der Waals surface area contributed by atoms with Gasteiger partial charge in [-0.25, -0.2) is 9.59 Å². The maximum Gasteiger partial charge on any atom is 0.338 e. The fraction of sp³-hybridized carbons (Fsp3) is 0.560. The van der Waals surface area contributed by atoms with Gasteiger partial charge in [0.15, 0.2) is 0 Å². The van der Waals surface area contributed by atoms with Gasteiger partial charge in [0.2, 0.25) is 0 Å². The van der Waals surface area contributed by atoms with Crippen molar-refractivity contribution in [1.29, 1.82) is 0 Å². The van der Waals surface area contributed by atoms with Gasteiger partial charge in [0, 0.05) is 24.9 Å². The van der Waals surface area contributed by atoms with E-state index in [1.54, 1.807) is 34.1 Å². The van der Waals surface area contributed by atoms with E-state index in [1.807, 2.05) is 12.1 Å². The molecule has 2 aliphatic heterocycles. The van der Waals surface area contributed by atoms with Crippen LogP contribution >= 0.6 is 0 Å². The van der Waals surface area contributed by atoms with Crippen molar-refractivity contribution in [2.24, 2.45) is 5.92 Å². The molecule has 1 aromatic rings. The Bertz CT molecular complexity index is 954. The smallest absolute Gasteiger partial charge is 0.338 e. The van der Waals surface area contributed by atoms with Gasteiger partial charge in [0.25, 0.3) is 0 Å². The summed E-state index contributed by atoms with van der Waals surface area (Å²) in [6.07, 6.45) is 1.32. The second-order valence-corrected chi connectivity index (χ2v) is 8.45. The van der Waals surface area contributed by atoms with Crippen LogP contribution in [0.3, 0.4) is 0 Å². The highest BCUT2D eigenvalue weighted by atomic mass is 16.5. The first-order valence-corrected chi connectivity index (χ1v) is 11.9. The molecule has 0 saturated carbocycles. The minimum Gasteiger partial charge on any atom is -0.496 e. The highest BCUT2D eigenvalue weighted by Gasteiger charge is 2.35. The van der Waals surface area contributed by atoms with Crippen LogP contribution in [0.1, 0.15) is 43.9 Å². The first-order valence-electron chi connectivity index (χ1n) is 11.9. The molecule has 10 nitrogen and oxygen atoms in total. The van der Waals surface area contributed by atoms with E-state index < -0.39 is 18.0 Å². The van der Waals surface area contributed by atoms with Crippen molar-refractivity contribution in [3.63, 3.8) is 0 Å². The van der Waals surface area contributed by atoms with Gasteiger partial charge in [-0.1, -0.05) is 6.07 Å². The van der Waals surface area contributed by atoms with Crippen LogP contribution in [-0.4, -0.2) is 69.9 Å². The Labute approximate surface area is 205 Å². The monoisotopic (exact) mass is 489 g/mol. The van der Waals surface area contributed by atoms with Crippen molar-refractivity contribution in [3.8, 4) is 5.75 Å². The van der Waals surface area contributed by atoms with Crippen molar-refractivity contribution in [2.75, 3.05) is 47.1 Å². The lowest BCUT2D eigenvalue weighted by Crippen LogP contribution is -2.49. The lowest BCUT2D eigenvalue weighted by Gasteiger charge is -2.35. The van der Waals surface area contributed by atoms with E-state index >= 15 is 0 Å². The number of likely N-dealkylation sites (tertiary alicyclic amines) is 1. The van der Waals surface area contributed by atoms with Gasteiger partial charge in [-0.2, -0.15) is 0 Å². The number of nitrogens with one attached hydrogen (secondary N) is 2. The topological polar surface area (TPSA) is 115 Å². The van der Waals surface area contributed by atoms with E-state index in [1.165, 1.54) is 0 Å². The van der Waals surface area contributed by atoms with Gasteiger partial charge in [0.1, 0.15) is 5.75 Å². The summed E-state index contributed by atoms with van der Waals surface area (Å²) >= 11 is 0. The molecule has 1 saturated heterocycles. The van der Waals surface area contributed by atoms with E-state index in [4.69, 9.17) is 18.9 Å². The zero-order chi connectivity index (χ0) is 25.4. The number of rotatable bonds is 10. The molecule has 0 radical (unpaired) electrons. The SMILES string of the molecule is CCOC(=O)C1=C(CN2CCC(C(=O)OCC)CC2)NC(=O)NC1c1ccc(OC)c(COC)c1. The summed E-state index contributed by atoms with van der Waals surface area (Å²) in [7, 11) is 3.17. The van der Waals surface area contributed by atoms with Crippen LogP contribution in [0.5, 0.6) is 5.75 Å². The Kier molecular flexibility index (Phi) is 9.50. The predicted molar refractivity (Wildman–Crippen MR) is 128 cm³/mol. The number of piperidine rings is 1. The third-order valence-electron chi connectivity index (χ3n) is 6.18. The van der Waals surface area contributed by atoms with Gasteiger partial charge in [-0.05, 0) is 57.5 Å². The largest absolute Gasteiger partial charge is 0.496 e. The number of amides is 2. The molecule has 35 heavy (non-hydrogen) atoms. The summed E-state index contributed by atoms with van der Waals surface area (Å²) in [5.41, 5.74) is 2.36. The number of urea groups is 1. The van der Waals surface area contributed by atoms with Crippen molar-refractivity contribution < 1.29 is 33.3 Å². The third kappa shape index (κ3) is 6.52. The summed E-state index contributed by atoms with van der Waals surface area (Å²) in [4.78, 5) is 39.9. The van der Waals surface area contributed by atoms with Crippen LogP contribution in [0.25, 0.3) is 0 Å². The second-order valence-electron chi connectivity index (χ2n) is 8.45. The Morgan fingerprint density at radius 2 is 1.80 bits per heavy atom.